The Labute approximate surface area is 64.7 Å². The van der Waals surface area contributed by atoms with Gasteiger partial charge >= 0.3 is 0 Å². The van der Waals surface area contributed by atoms with Crippen molar-refractivity contribution >= 4 is 12.2 Å². The Balaban J connectivity index is 2.88. The van der Waals surface area contributed by atoms with Gasteiger partial charge in [-0.3, -0.25) is 0 Å². The van der Waals surface area contributed by atoms with Gasteiger partial charge in [0, 0.05) is 5.22 Å². The van der Waals surface area contributed by atoms with E-state index in [4.69, 9.17) is 0 Å². The maximum atomic E-state index is 13.0. The molecule has 0 unspecified atom stereocenters. The van der Waals surface area contributed by atoms with Crippen LogP contribution < -0.4 is 10.4 Å². The zero-order chi connectivity index (χ0) is 7.68. The van der Waals surface area contributed by atoms with Gasteiger partial charge in [-0.25, -0.2) is 4.39 Å². The van der Waals surface area contributed by atoms with Gasteiger partial charge in [0.1, 0.15) is 5.82 Å². The van der Waals surface area contributed by atoms with Crippen LogP contribution in [0.5, 0.6) is 0 Å². The molecule has 0 nitrogen and oxygen atoms in total. The van der Waals surface area contributed by atoms with Crippen LogP contribution in [0, 0.1) is 5.82 Å². The van der Waals surface area contributed by atoms with E-state index < -0.39 is 0 Å². The third kappa shape index (κ3) is 1.07. The van der Waals surface area contributed by atoms with Gasteiger partial charge in [0.05, 0.1) is 0 Å². The van der Waals surface area contributed by atoms with Crippen molar-refractivity contribution in [2.45, 2.75) is 12.8 Å². The summed E-state index contributed by atoms with van der Waals surface area (Å²) in [6.45, 7) is 0. The first kappa shape index (κ1) is 6.59. The van der Waals surface area contributed by atoms with Gasteiger partial charge < -0.3 is 0 Å². The van der Waals surface area contributed by atoms with Gasteiger partial charge in [0.2, 0.25) is 0 Å². The number of hydrogen-bond acceptors (Lipinski definition) is 0. The highest BCUT2D eigenvalue weighted by atomic mass is 19.1. The van der Waals surface area contributed by atoms with Crippen LogP contribution in [-0.2, 0) is 0 Å². The van der Waals surface area contributed by atoms with Crippen LogP contribution in [0.1, 0.15) is 12.8 Å². The van der Waals surface area contributed by atoms with Gasteiger partial charge in [-0.1, -0.05) is 24.3 Å². The first-order valence-corrected chi connectivity index (χ1v) is 3.83. The minimum absolute atomic E-state index is 0.0987. The molecule has 1 aliphatic rings. The van der Waals surface area contributed by atoms with Gasteiger partial charge in [-0.15, -0.1) is 0 Å². The summed E-state index contributed by atoms with van der Waals surface area (Å²) in [6.07, 6.45) is 6.05. The molecule has 0 fully saturated rings. The fourth-order valence-corrected chi connectivity index (χ4v) is 1.41. The monoisotopic (exact) mass is 148 g/mol. The summed E-state index contributed by atoms with van der Waals surface area (Å²) in [7, 11) is 0. The Morgan fingerprint density at radius 3 is 2.73 bits per heavy atom. The molecule has 1 aliphatic carbocycles. The topological polar surface area (TPSA) is 0 Å². The van der Waals surface area contributed by atoms with Gasteiger partial charge in [-0.05, 0) is 24.1 Å². The number of fused-ring (bicyclic) bond motifs is 1. The lowest BCUT2D eigenvalue weighted by Gasteiger charge is -1.99. The average Bonchev–Trinajstić information content (AvgIpc) is 2.06. The van der Waals surface area contributed by atoms with Crippen LogP contribution in [0.2, 0.25) is 0 Å². The summed E-state index contributed by atoms with van der Waals surface area (Å²) < 4.78 is 13.0. The van der Waals surface area contributed by atoms with E-state index in [0.717, 1.165) is 23.3 Å². The molecule has 0 spiro atoms. The van der Waals surface area contributed by atoms with Crippen LogP contribution in [0.25, 0.3) is 12.2 Å². The van der Waals surface area contributed by atoms with Crippen molar-refractivity contribution in [1.82, 2.24) is 0 Å². The first-order valence-electron chi connectivity index (χ1n) is 3.83. The van der Waals surface area contributed by atoms with Gasteiger partial charge in [-0.2, -0.15) is 0 Å². The molecular weight excluding hydrogens is 139 g/mol. The third-order valence-electron chi connectivity index (χ3n) is 1.97. The Kier molecular flexibility index (Phi) is 1.50. The molecule has 1 aromatic carbocycles. The number of hydrogen-bond donors (Lipinski definition) is 0. The van der Waals surface area contributed by atoms with E-state index in [2.05, 4.69) is 6.08 Å². The average molecular weight is 148 g/mol. The van der Waals surface area contributed by atoms with Crippen LogP contribution >= 0.6 is 0 Å². The molecule has 56 valence electrons. The van der Waals surface area contributed by atoms with Gasteiger partial charge in [0.15, 0.2) is 0 Å². The molecule has 0 bridgehead atoms. The number of halogens is 1. The quantitative estimate of drug-likeness (QED) is 0.518. The van der Waals surface area contributed by atoms with Crippen molar-refractivity contribution in [2.24, 2.45) is 0 Å². The molecule has 1 aromatic rings. The maximum Gasteiger partial charge on any atom is 0.130 e. The fraction of sp³-hybridized carbons (Fsp3) is 0.200. The lowest BCUT2D eigenvalue weighted by atomic mass is 10.1. The van der Waals surface area contributed by atoms with Crippen molar-refractivity contribution in [2.75, 3.05) is 0 Å². The highest BCUT2D eigenvalue weighted by Crippen LogP contribution is 1.96. The summed E-state index contributed by atoms with van der Waals surface area (Å²) in [6, 6.07) is 5.21. The van der Waals surface area contributed by atoms with Crippen LogP contribution in [0.3, 0.4) is 0 Å². The van der Waals surface area contributed by atoms with Crippen LogP contribution in [0.15, 0.2) is 18.2 Å². The molecule has 0 atom stereocenters. The molecular formula is C10H9F. The van der Waals surface area contributed by atoms with E-state index in [1.54, 1.807) is 6.07 Å². The largest absolute Gasteiger partial charge is 0.206 e. The Hall–Kier alpha value is -1.11. The summed E-state index contributed by atoms with van der Waals surface area (Å²) in [5.41, 5.74) is 0. The van der Waals surface area contributed by atoms with Crippen molar-refractivity contribution in [1.29, 1.82) is 0 Å². The molecule has 0 saturated carbocycles. The third-order valence-corrected chi connectivity index (χ3v) is 1.97. The summed E-state index contributed by atoms with van der Waals surface area (Å²) in [4.78, 5) is 0. The SMILES string of the molecule is Fc1cccc2c1=CCCC=2. The lowest BCUT2D eigenvalue weighted by molar-refractivity contribution is 0.616. The van der Waals surface area contributed by atoms with E-state index in [9.17, 15) is 4.39 Å². The van der Waals surface area contributed by atoms with Gasteiger partial charge in [0.25, 0.3) is 0 Å². The zero-order valence-corrected chi connectivity index (χ0v) is 6.18. The summed E-state index contributed by atoms with van der Waals surface area (Å²) >= 11 is 0. The second-order valence-corrected chi connectivity index (χ2v) is 2.73. The standard InChI is InChI=1S/C10H9F/c11-10-7-3-5-8-4-1-2-6-9(8)10/h3-7H,1-2H2. The smallest absolute Gasteiger partial charge is 0.130 e. The molecule has 0 radical (unpaired) electrons. The fourth-order valence-electron chi connectivity index (χ4n) is 1.41. The molecule has 0 heterocycles. The van der Waals surface area contributed by atoms with E-state index in [0.29, 0.717) is 0 Å². The first-order chi connectivity index (χ1) is 5.38. The lowest BCUT2D eigenvalue weighted by Crippen LogP contribution is -2.29. The maximum absolute atomic E-state index is 13.0. The molecule has 11 heavy (non-hydrogen) atoms. The minimum Gasteiger partial charge on any atom is -0.206 e. The highest BCUT2D eigenvalue weighted by Gasteiger charge is 1.96. The second-order valence-electron chi connectivity index (χ2n) is 2.73. The van der Waals surface area contributed by atoms with Crippen molar-refractivity contribution in [3.05, 3.63) is 34.5 Å². The normalized spacial score (nSPS) is 14.6. The molecule has 0 amide bonds. The molecule has 1 heteroatoms. The van der Waals surface area contributed by atoms with E-state index >= 15 is 0 Å². The summed E-state index contributed by atoms with van der Waals surface area (Å²) in [5.74, 6) is -0.0987. The second kappa shape index (κ2) is 2.50. The van der Waals surface area contributed by atoms with E-state index in [-0.39, 0.29) is 5.82 Å². The van der Waals surface area contributed by atoms with E-state index in [1.807, 2.05) is 12.1 Å². The van der Waals surface area contributed by atoms with Crippen molar-refractivity contribution in [3.63, 3.8) is 0 Å². The molecule has 0 aromatic heterocycles. The van der Waals surface area contributed by atoms with E-state index in [1.165, 1.54) is 6.07 Å². The number of rotatable bonds is 0. The van der Waals surface area contributed by atoms with Crippen molar-refractivity contribution < 1.29 is 4.39 Å². The minimum atomic E-state index is -0.0987. The van der Waals surface area contributed by atoms with Crippen LogP contribution in [-0.4, -0.2) is 0 Å². The molecule has 2 rings (SSSR count). The Bertz CT molecular complexity index is 376. The number of benzene rings is 1. The Morgan fingerprint density at radius 2 is 1.91 bits per heavy atom. The molecule has 0 saturated heterocycles. The summed E-state index contributed by atoms with van der Waals surface area (Å²) in [5, 5.41) is 1.81. The van der Waals surface area contributed by atoms with Crippen LogP contribution in [0.4, 0.5) is 4.39 Å². The predicted octanol–water partition coefficient (Wildman–Crippen LogP) is 1.18. The predicted molar refractivity (Wildman–Crippen MR) is 43.8 cm³/mol. The molecule has 0 aliphatic heterocycles. The van der Waals surface area contributed by atoms with Crippen molar-refractivity contribution in [3.8, 4) is 0 Å². The highest BCUT2D eigenvalue weighted by molar-refractivity contribution is 5.38. The zero-order valence-electron chi connectivity index (χ0n) is 6.18. The Morgan fingerprint density at radius 1 is 1.09 bits per heavy atom. The molecule has 0 N–H and O–H groups in total.